The molecule has 39 heavy (non-hydrogen) atoms. The summed E-state index contributed by atoms with van der Waals surface area (Å²) in [6.45, 7) is 16.0. The van der Waals surface area contributed by atoms with Crippen molar-refractivity contribution in [1.82, 2.24) is 15.5 Å². The van der Waals surface area contributed by atoms with Crippen LogP contribution in [0.15, 0.2) is 48.5 Å². The van der Waals surface area contributed by atoms with E-state index in [9.17, 15) is 14.4 Å². The molecule has 0 saturated heterocycles. The van der Waals surface area contributed by atoms with Crippen LogP contribution in [0.2, 0.25) is 0 Å². The molecule has 3 amide bonds. The second-order valence-electron chi connectivity index (χ2n) is 11.4. The standard InChI is InChI=1S/C32H47N3O4/c1-9-11-17-35(30(37)27(24(5)10-2)34-31(38)39-32(6,7)8)28(26-19-22(3)18-23(4)20-26)29(36)33-21-25-15-13-12-14-16-25/h12-16,18-20,24,27-28H,9-11,17,21H2,1-8H3,(H,33,36)(H,34,38). The number of benzene rings is 2. The zero-order valence-electron chi connectivity index (χ0n) is 25.0. The maximum absolute atomic E-state index is 14.3. The van der Waals surface area contributed by atoms with E-state index in [1.54, 1.807) is 25.7 Å². The monoisotopic (exact) mass is 537 g/mol. The molecule has 214 valence electrons. The van der Waals surface area contributed by atoms with Crippen LogP contribution in [0.3, 0.4) is 0 Å². The van der Waals surface area contributed by atoms with Crippen LogP contribution in [0.1, 0.15) is 89.1 Å². The van der Waals surface area contributed by atoms with Gasteiger partial charge in [0.05, 0.1) is 0 Å². The Morgan fingerprint density at radius 1 is 0.974 bits per heavy atom. The lowest BCUT2D eigenvalue weighted by atomic mass is 9.94. The Bertz CT molecular complexity index is 1070. The number of unbranched alkanes of at least 4 members (excludes halogenated alkanes) is 1. The Morgan fingerprint density at radius 3 is 2.13 bits per heavy atom. The molecule has 2 rings (SSSR count). The molecule has 0 aliphatic heterocycles. The third-order valence-corrected chi connectivity index (χ3v) is 6.62. The van der Waals surface area contributed by atoms with Crippen LogP contribution in [0.4, 0.5) is 4.79 Å². The van der Waals surface area contributed by atoms with Crippen LogP contribution in [-0.2, 0) is 20.9 Å². The Balaban J connectivity index is 2.52. The molecule has 2 N–H and O–H groups in total. The van der Waals surface area contributed by atoms with E-state index in [1.165, 1.54) is 0 Å². The van der Waals surface area contributed by atoms with Crippen LogP contribution >= 0.6 is 0 Å². The van der Waals surface area contributed by atoms with Crippen LogP contribution in [0.25, 0.3) is 0 Å². The maximum Gasteiger partial charge on any atom is 0.408 e. The van der Waals surface area contributed by atoms with Gasteiger partial charge in [-0.25, -0.2) is 4.79 Å². The molecular formula is C32H47N3O4. The number of carbonyl (C=O) groups is 3. The summed E-state index contributed by atoms with van der Waals surface area (Å²) in [5, 5.41) is 5.88. The zero-order valence-corrected chi connectivity index (χ0v) is 25.0. The molecule has 0 saturated carbocycles. The Morgan fingerprint density at radius 2 is 1.59 bits per heavy atom. The lowest BCUT2D eigenvalue weighted by molar-refractivity contribution is -0.143. The summed E-state index contributed by atoms with van der Waals surface area (Å²) in [7, 11) is 0. The van der Waals surface area contributed by atoms with E-state index < -0.39 is 23.8 Å². The highest BCUT2D eigenvalue weighted by Crippen LogP contribution is 2.27. The number of amides is 3. The topological polar surface area (TPSA) is 87.7 Å². The Labute approximate surface area is 234 Å². The molecule has 7 heteroatoms. The molecular weight excluding hydrogens is 490 g/mol. The molecule has 2 aromatic carbocycles. The van der Waals surface area contributed by atoms with Crippen LogP contribution in [0.5, 0.6) is 0 Å². The van der Waals surface area contributed by atoms with E-state index in [2.05, 4.69) is 17.6 Å². The largest absolute Gasteiger partial charge is 0.444 e. The number of rotatable bonds is 12. The molecule has 7 nitrogen and oxygen atoms in total. The predicted octanol–water partition coefficient (Wildman–Crippen LogP) is 6.23. The predicted molar refractivity (Wildman–Crippen MR) is 156 cm³/mol. The molecule has 0 fully saturated rings. The minimum atomic E-state index is -0.849. The van der Waals surface area contributed by atoms with Gasteiger partial charge in [0.25, 0.3) is 0 Å². The molecule has 3 unspecified atom stereocenters. The number of alkyl carbamates (subject to hydrolysis) is 1. The van der Waals surface area contributed by atoms with Crippen molar-refractivity contribution in [3.8, 4) is 0 Å². The smallest absolute Gasteiger partial charge is 0.408 e. The van der Waals surface area contributed by atoms with Crippen molar-refractivity contribution in [2.75, 3.05) is 6.54 Å². The summed E-state index contributed by atoms with van der Waals surface area (Å²) in [5.41, 5.74) is 3.05. The number of hydrogen-bond acceptors (Lipinski definition) is 4. The molecule has 0 heterocycles. The van der Waals surface area contributed by atoms with Gasteiger partial charge in [-0.3, -0.25) is 9.59 Å². The van der Waals surface area contributed by atoms with E-state index in [0.717, 1.165) is 35.1 Å². The summed E-state index contributed by atoms with van der Waals surface area (Å²) in [4.78, 5) is 42.6. The second kappa shape index (κ2) is 14.7. The third-order valence-electron chi connectivity index (χ3n) is 6.62. The summed E-state index contributed by atoms with van der Waals surface area (Å²) in [6, 6.07) is 14.0. The normalized spacial score (nSPS) is 13.6. The van der Waals surface area contributed by atoms with E-state index in [0.29, 0.717) is 19.5 Å². The molecule has 0 aliphatic rings. The summed E-state index contributed by atoms with van der Waals surface area (Å²) in [5.74, 6) is -0.711. The minimum absolute atomic E-state index is 0.165. The van der Waals surface area contributed by atoms with Gasteiger partial charge in [-0.2, -0.15) is 0 Å². The fraction of sp³-hybridized carbons (Fsp3) is 0.531. The van der Waals surface area contributed by atoms with Crippen molar-refractivity contribution in [2.24, 2.45) is 5.92 Å². The number of nitrogens with zero attached hydrogens (tertiary/aromatic N) is 1. The van der Waals surface area contributed by atoms with Crippen molar-refractivity contribution in [3.63, 3.8) is 0 Å². The quantitative estimate of drug-likeness (QED) is 0.336. The molecule has 0 aromatic heterocycles. The highest BCUT2D eigenvalue weighted by Gasteiger charge is 2.38. The molecule has 0 spiro atoms. The first kappa shape index (κ1) is 31.9. The number of nitrogens with one attached hydrogen (secondary N) is 2. The molecule has 0 bridgehead atoms. The molecule has 2 aromatic rings. The number of carbonyl (C=O) groups excluding carboxylic acids is 3. The van der Waals surface area contributed by atoms with Gasteiger partial charge in [0.1, 0.15) is 17.7 Å². The van der Waals surface area contributed by atoms with Gasteiger partial charge in [0.2, 0.25) is 11.8 Å². The highest BCUT2D eigenvalue weighted by molar-refractivity contribution is 5.92. The van der Waals surface area contributed by atoms with E-state index in [4.69, 9.17) is 4.74 Å². The Kier molecular flexibility index (Phi) is 12.0. The lowest BCUT2D eigenvalue weighted by Gasteiger charge is -2.36. The van der Waals surface area contributed by atoms with Crippen molar-refractivity contribution in [1.29, 1.82) is 0 Å². The summed E-state index contributed by atoms with van der Waals surface area (Å²) >= 11 is 0. The van der Waals surface area contributed by atoms with Gasteiger partial charge in [0, 0.05) is 13.1 Å². The fourth-order valence-electron chi connectivity index (χ4n) is 4.51. The van der Waals surface area contributed by atoms with Crippen molar-refractivity contribution < 1.29 is 19.1 Å². The Hall–Kier alpha value is -3.35. The SMILES string of the molecule is CCCCN(C(=O)C(NC(=O)OC(C)(C)C)C(C)CC)C(C(=O)NCc1ccccc1)c1cc(C)cc(C)c1. The average Bonchev–Trinajstić information content (AvgIpc) is 2.86. The molecule has 0 radical (unpaired) electrons. The van der Waals surface area contributed by atoms with Crippen molar-refractivity contribution in [3.05, 3.63) is 70.8 Å². The van der Waals surface area contributed by atoms with Crippen molar-refractivity contribution in [2.45, 2.75) is 98.9 Å². The van der Waals surface area contributed by atoms with Crippen LogP contribution in [-0.4, -0.2) is 41.0 Å². The van der Waals surface area contributed by atoms with Gasteiger partial charge in [-0.1, -0.05) is 93.3 Å². The van der Waals surface area contributed by atoms with E-state index >= 15 is 0 Å². The van der Waals surface area contributed by atoms with Gasteiger partial charge < -0.3 is 20.3 Å². The number of aryl methyl sites for hydroxylation is 2. The highest BCUT2D eigenvalue weighted by atomic mass is 16.6. The van der Waals surface area contributed by atoms with Crippen molar-refractivity contribution >= 4 is 17.9 Å². The van der Waals surface area contributed by atoms with Gasteiger partial charge in [-0.15, -0.1) is 0 Å². The lowest BCUT2D eigenvalue weighted by Crippen LogP contribution is -2.55. The van der Waals surface area contributed by atoms with E-state index in [1.807, 2.05) is 76.2 Å². The van der Waals surface area contributed by atoms with Gasteiger partial charge in [0.15, 0.2) is 0 Å². The van der Waals surface area contributed by atoms with Gasteiger partial charge >= 0.3 is 6.09 Å². The number of hydrogen-bond donors (Lipinski definition) is 2. The first-order chi connectivity index (χ1) is 18.4. The van der Waals surface area contributed by atoms with Crippen LogP contribution in [0, 0.1) is 19.8 Å². The first-order valence-corrected chi connectivity index (χ1v) is 14.1. The third kappa shape index (κ3) is 10.0. The maximum atomic E-state index is 14.3. The number of ether oxygens (including phenoxy) is 1. The molecule has 0 aliphatic carbocycles. The minimum Gasteiger partial charge on any atom is -0.444 e. The molecule has 3 atom stereocenters. The fourth-order valence-corrected chi connectivity index (χ4v) is 4.51. The van der Waals surface area contributed by atoms with Gasteiger partial charge in [-0.05, 0) is 58.1 Å². The first-order valence-electron chi connectivity index (χ1n) is 14.1. The summed E-state index contributed by atoms with van der Waals surface area (Å²) in [6.07, 6.45) is 1.59. The zero-order chi connectivity index (χ0) is 29.2. The van der Waals surface area contributed by atoms with Crippen LogP contribution < -0.4 is 10.6 Å². The summed E-state index contributed by atoms with van der Waals surface area (Å²) < 4.78 is 5.49. The second-order valence-corrected chi connectivity index (χ2v) is 11.4. The van der Waals surface area contributed by atoms with E-state index in [-0.39, 0.29) is 17.7 Å². The average molecular weight is 538 g/mol.